The Bertz CT molecular complexity index is 568. The molecule has 0 aliphatic carbocycles. The Morgan fingerprint density at radius 1 is 1.17 bits per heavy atom. The van der Waals surface area contributed by atoms with Crippen molar-refractivity contribution < 1.29 is 19.1 Å². The molecule has 1 atom stereocenters. The average Bonchev–Trinajstić information content (AvgIpc) is 3.08. The third-order valence-corrected chi connectivity index (χ3v) is 3.98. The number of carbonyl (C=O) groups is 2. The maximum Gasteiger partial charge on any atom is 0.244 e. The van der Waals surface area contributed by atoms with E-state index in [0.29, 0.717) is 11.5 Å². The number of hydrogen-bond donors (Lipinski definition) is 1. The fourth-order valence-corrected chi connectivity index (χ4v) is 2.74. The molecular weight excluding hydrogens is 296 g/mol. The summed E-state index contributed by atoms with van der Waals surface area (Å²) < 4.78 is 10.4. The summed E-state index contributed by atoms with van der Waals surface area (Å²) in [6.45, 7) is 3.30. The number of hydrogen-bond acceptors (Lipinski definition) is 4. The number of nitrogens with one attached hydrogen (secondary N) is 1. The Balaban J connectivity index is 1.92. The van der Waals surface area contributed by atoms with Crippen molar-refractivity contribution in [3.63, 3.8) is 0 Å². The molecule has 1 fully saturated rings. The molecule has 0 bridgehead atoms. The SMILES string of the molecule is COc1ccc(CC(=O)N[C@H](C)C(=O)N2CCCC2)cc1OC. The van der Waals surface area contributed by atoms with Gasteiger partial charge in [0.2, 0.25) is 11.8 Å². The topological polar surface area (TPSA) is 67.9 Å². The first-order chi connectivity index (χ1) is 11.0. The second-order valence-corrected chi connectivity index (χ2v) is 5.69. The Morgan fingerprint density at radius 2 is 1.83 bits per heavy atom. The predicted octanol–water partition coefficient (Wildman–Crippen LogP) is 1.37. The van der Waals surface area contributed by atoms with Crippen LogP contribution in [0.15, 0.2) is 18.2 Å². The standard InChI is InChI=1S/C17H24N2O4/c1-12(17(21)19-8-4-5-9-19)18-16(20)11-13-6-7-14(22-2)15(10-13)23-3/h6-7,10,12H,4-5,8-9,11H2,1-3H3,(H,18,20)/t12-/m1/s1. The lowest BCUT2D eigenvalue weighted by Crippen LogP contribution is -2.46. The van der Waals surface area contributed by atoms with Gasteiger partial charge in [-0.25, -0.2) is 0 Å². The molecule has 6 heteroatoms. The Hall–Kier alpha value is -2.24. The smallest absolute Gasteiger partial charge is 0.244 e. The molecule has 0 aromatic heterocycles. The van der Waals surface area contributed by atoms with E-state index in [9.17, 15) is 9.59 Å². The Labute approximate surface area is 136 Å². The first-order valence-corrected chi connectivity index (χ1v) is 7.84. The second-order valence-electron chi connectivity index (χ2n) is 5.69. The fraction of sp³-hybridized carbons (Fsp3) is 0.529. The van der Waals surface area contributed by atoms with Crippen LogP contribution in [0.5, 0.6) is 11.5 Å². The molecule has 6 nitrogen and oxygen atoms in total. The van der Waals surface area contributed by atoms with Crippen LogP contribution in [-0.4, -0.2) is 50.1 Å². The minimum absolute atomic E-state index is 0.0110. The van der Waals surface area contributed by atoms with Gasteiger partial charge in [0, 0.05) is 13.1 Å². The van der Waals surface area contributed by atoms with E-state index in [1.165, 1.54) is 0 Å². The van der Waals surface area contributed by atoms with Gasteiger partial charge in [-0.2, -0.15) is 0 Å². The van der Waals surface area contributed by atoms with Gasteiger partial charge >= 0.3 is 0 Å². The second kappa shape index (κ2) is 7.85. The average molecular weight is 320 g/mol. The monoisotopic (exact) mass is 320 g/mol. The molecule has 0 spiro atoms. The highest BCUT2D eigenvalue weighted by molar-refractivity contribution is 5.88. The van der Waals surface area contributed by atoms with Gasteiger partial charge in [-0.1, -0.05) is 6.07 Å². The Kier molecular flexibility index (Phi) is 5.84. The van der Waals surface area contributed by atoms with Crippen molar-refractivity contribution in [2.45, 2.75) is 32.2 Å². The lowest BCUT2D eigenvalue weighted by molar-refractivity contribution is -0.134. The fourth-order valence-electron chi connectivity index (χ4n) is 2.74. The molecule has 1 saturated heterocycles. The zero-order valence-electron chi connectivity index (χ0n) is 13.9. The van der Waals surface area contributed by atoms with Crippen molar-refractivity contribution in [1.29, 1.82) is 0 Å². The van der Waals surface area contributed by atoms with Crippen molar-refractivity contribution in [3.8, 4) is 11.5 Å². The van der Waals surface area contributed by atoms with E-state index < -0.39 is 6.04 Å². The van der Waals surface area contributed by atoms with E-state index in [4.69, 9.17) is 9.47 Å². The number of nitrogens with zero attached hydrogens (tertiary/aromatic N) is 1. The maximum absolute atomic E-state index is 12.2. The first-order valence-electron chi connectivity index (χ1n) is 7.84. The van der Waals surface area contributed by atoms with Gasteiger partial charge in [0.1, 0.15) is 6.04 Å². The molecule has 23 heavy (non-hydrogen) atoms. The predicted molar refractivity (Wildman–Crippen MR) is 86.7 cm³/mol. The van der Waals surface area contributed by atoms with Crippen LogP contribution in [-0.2, 0) is 16.0 Å². The molecule has 126 valence electrons. The van der Waals surface area contributed by atoms with E-state index in [2.05, 4.69) is 5.32 Å². The maximum atomic E-state index is 12.2. The third-order valence-electron chi connectivity index (χ3n) is 3.98. The molecule has 0 unspecified atom stereocenters. The van der Waals surface area contributed by atoms with E-state index in [1.54, 1.807) is 38.2 Å². The minimum Gasteiger partial charge on any atom is -0.493 e. The highest BCUT2D eigenvalue weighted by Crippen LogP contribution is 2.27. The lowest BCUT2D eigenvalue weighted by atomic mass is 10.1. The van der Waals surface area contributed by atoms with Gasteiger partial charge in [-0.05, 0) is 37.5 Å². The van der Waals surface area contributed by atoms with Gasteiger partial charge in [-0.3, -0.25) is 9.59 Å². The number of ether oxygens (including phenoxy) is 2. The van der Waals surface area contributed by atoms with Crippen LogP contribution in [0.1, 0.15) is 25.3 Å². The van der Waals surface area contributed by atoms with Crippen molar-refractivity contribution in [2.75, 3.05) is 27.3 Å². The number of benzene rings is 1. The van der Waals surface area contributed by atoms with Gasteiger partial charge in [0.25, 0.3) is 0 Å². The summed E-state index contributed by atoms with van der Waals surface area (Å²) in [5, 5.41) is 2.77. The third kappa shape index (κ3) is 4.37. The molecule has 0 saturated carbocycles. The number of likely N-dealkylation sites (tertiary alicyclic amines) is 1. The Morgan fingerprint density at radius 3 is 2.43 bits per heavy atom. The van der Waals surface area contributed by atoms with E-state index in [0.717, 1.165) is 31.5 Å². The molecule has 1 aromatic carbocycles. The van der Waals surface area contributed by atoms with Crippen LogP contribution >= 0.6 is 0 Å². The largest absolute Gasteiger partial charge is 0.493 e. The molecule has 1 aliphatic heterocycles. The van der Waals surface area contributed by atoms with Crippen LogP contribution in [0.25, 0.3) is 0 Å². The van der Waals surface area contributed by atoms with Crippen LogP contribution in [0.3, 0.4) is 0 Å². The number of amides is 2. The highest BCUT2D eigenvalue weighted by Gasteiger charge is 2.24. The molecule has 1 heterocycles. The number of methoxy groups -OCH3 is 2. The lowest BCUT2D eigenvalue weighted by Gasteiger charge is -2.21. The molecule has 2 amide bonds. The summed E-state index contributed by atoms with van der Waals surface area (Å²) in [6.07, 6.45) is 2.27. The quantitative estimate of drug-likeness (QED) is 0.860. The van der Waals surface area contributed by atoms with Crippen LogP contribution in [0.4, 0.5) is 0 Å². The summed E-state index contributed by atoms with van der Waals surface area (Å²) in [4.78, 5) is 26.1. The van der Waals surface area contributed by atoms with Crippen molar-refractivity contribution >= 4 is 11.8 Å². The summed E-state index contributed by atoms with van der Waals surface area (Å²) in [5.41, 5.74) is 0.806. The van der Waals surface area contributed by atoms with Gasteiger partial charge in [0.05, 0.1) is 20.6 Å². The normalized spacial score (nSPS) is 15.2. The van der Waals surface area contributed by atoms with Crippen molar-refractivity contribution in [2.24, 2.45) is 0 Å². The van der Waals surface area contributed by atoms with Crippen molar-refractivity contribution in [1.82, 2.24) is 10.2 Å². The molecule has 1 aliphatic rings. The molecule has 0 radical (unpaired) electrons. The molecule has 1 N–H and O–H groups in total. The number of rotatable bonds is 6. The van der Waals surface area contributed by atoms with E-state index >= 15 is 0 Å². The first kappa shape index (κ1) is 17.1. The summed E-state index contributed by atoms with van der Waals surface area (Å²) >= 11 is 0. The minimum atomic E-state index is -0.499. The summed E-state index contributed by atoms with van der Waals surface area (Å²) in [6, 6.07) is 4.85. The van der Waals surface area contributed by atoms with Crippen LogP contribution in [0.2, 0.25) is 0 Å². The molecule has 1 aromatic rings. The van der Waals surface area contributed by atoms with Crippen molar-refractivity contribution in [3.05, 3.63) is 23.8 Å². The van der Waals surface area contributed by atoms with E-state index in [-0.39, 0.29) is 18.2 Å². The highest BCUT2D eigenvalue weighted by atomic mass is 16.5. The van der Waals surface area contributed by atoms with Gasteiger partial charge in [-0.15, -0.1) is 0 Å². The molecular formula is C17H24N2O4. The van der Waals surface area contributed by atoms with Crippen LogP contribution < -0.4 is 14.8 Å². The summed E-state index contributed by atoms with van der Waals surface area (Å²) in [7, 11) is 3.12. The van der Waals surface area contributed by atoms with Gasteiger partial charge in [0.15, 0.2) is 11.5 Å². The summed E-state index contributed by atoms with van der Waals surface area (Å²) in [5.74, 6) is 1.01. The van der Waals surface area contributed by atoms with Gasteiger partial charge < -0.3 is 19.7 Å². The molecule has 2 rings (SSSR count). The zero-order chi connectivity index (χ0) is 16.8. The van der Waals surface area contributed by atoms with Crippen LogP contribution in [0, 0.1) is 0 Å². The zero-order valence-corrected chi connectivity index (χ0v) is 13.9. The van der Waals surface area contributed by atoms with E-state index in [1.807, 2.05) is 6.07 Å². The number of carbonyl (C=O) groups excluding carboxylic acids is 2.